The molecule has 0 atom stereocenters. The lowest BCUT2D eigenvalue weighted by molar-refractivity contribution is 0.0980. The third kappa shape index (κ3) is 3.14. The first-order valence-corrected chi connectivity index (χ1v) is 4.57. The van der Waals surface area contributed by atoms with Gasteiger partial charge in [-0.25, -0.2) is 4.98 Å². The molecule has 4 heteroatoms. The highest BCUT2D eigenvalue weighted by atomic mass is 16.3. The molecule has 0 spiro atoms. The number of hydrogen-bond donors (Lipinski definition) is 2. The van der Waals surface area contributed by atoms with Crippen LogP contribution in [0.2, 0.25) is 0 Å². The number of nitrogens with zero attached hydrogens (tertiary/aromatic N) is 1. The second-order valence-electron chi connectivity index (χ2n) is 3.04. The van der Waals surface area contributed by atoms with Crippen LogP contribution in [0.25, 0.3) is 0 Å². The summed E-state index contributed by atoms with van der Waals surface area (Å²) in [6.07, 6.45) is 2.72. The average molecular weight is 194 g/mol. The molecular weight excluding hydrogens is 180 g/mol. The zero-order valence-corrected chi connectivity index (χ0v) is 8.16. The Morgan fingerprint density at radius 3 is 2.93 bits per heavy atom. The van der Waals surface area contributed by atoms with Gasteiger partial charge in [-0.2, -0.15) is 0 Å². The van der Waals surface area contributed by atoms with Crippen molar-refractivity contribution < 1.29 is 9.90 Å². The predicted molar refractivity (Wildman–Crippen MR) is 53.4 cm³/mol. The summed E-state index contributed by atoms with van der Waals surface area (Å²) in [7, 11) is 1.85. The van der Waals surface area contributed by atoms with Gasteiger partial charge in [0.2, 0.25) is 5.88 Å². The molecule has 0 saturated heterocycles. The minimum atomic E-state index is -0.0585. The molecule has 0 saturated carbocycles. The van der Waals surface area contributed by atoms with Gasteiger partial charge in [0, 0.05) is 24.2 Å². The maximum Gasteiger partial charge on any atom is 0.210 e. The number of ketones is 1. The lowest BCUT2D eigenvalue weighted by Gasteiger charge is -2.00. The van der Waals surface area contributed by atoms with E-state index in [9.17, 15) is 4.79 Å². The van der Waals surface area contributed by atoms with Crippen LogP contribution < -0.4 is 5.32 Å². The van der Waals surface area contributed by atoms with Crippen molar-refractivity contribution in [2.75, 3.05) is 13.6 Å². The second-order valence-corrected chi connectivity index (χ2v) is 3.04. The number of rotatable bonds is 5. The molecule has 0 fully saturated rings. The van der Waals surface area contributed by atoms with Gasteiger partial charge in [-0.1, -0.05) is 0 Å². The van der Waals surface area contributed by atoms with Crippen molar-refractivity contribution in [3.8, 4) is 5.88 Å². The van der Waals surface area contributed by atoms with Gasteiger partial charge in [0.1, 0.15) is 0 Å². The van der Waals surface area contributed by atoms with Crippen molar-refractivity contribution in [1.29, 1.82) is 0 Å². The largest absolute Gasteiger partial charge is 0.493 e. The summed E-state index contributed by atoms with van der Waals surface area (Å²) in [5.74, 6) is 0.00419. The molecule has 0 amide bonds. The van der Waals surface area contributed by atoms with E-state index in [0.29, 0.717) is 12.0 Å². The van der Waals surface area contributed by atoms with Crippen molar-refractivity contribution in [3.05, 3.63) is 23.9 Å². The quantitative estimate of drug-likeness (QED) is 0.541. The summed E-state index contributed by atoms with van der Waals surface area (Å²) in [6.45, 7) is 0.831. The number of pyridine rings is 1. The van der Waals surface area contributed by atoms with E-state index in [0.717, 1.165) is 13.0 Å². The van der Waals surface area contributed by atoms with Crippen LogP contribution in [0.3, 0.4) is 0 Å². The highest BCUT2D eigenvalue weighted by molar-refractivity contribution is 5.95. The summed E-state index contributed by atoms with van der Waals surface area (Å²) >= 11 is 0. The smallest absolute Gasteiger partial charge is 0.210 e. The number of carbonyl (C=O) groups excluding carboxylic acids is 1. The fraction of sp³-hybridized carbons (Fsp3) is 0.400. The molecule has 0 aliphatic heterocycles. The van der Waals surface area contributed by atoms with Crippen LogP contribution in [-0.2, 0) is 0 Å². The number of aromatic hydroxyl groups is 1. The Hall–Kier alpha value is -1.42. The van der Waals surface area contributed by atoms with Crippen molar-refractivity contribution in [3.63, 3.8) is 0 Å². The lowest BCUT2D eigenvalue weighted by Crippen LogP contribution is -2.10. The van der Waals surface area contributed by atoms with E-state index in [4.69, 9.17) is 5.11 Å². The standard InChI is InChI=1S/C10H14N2O2/c1-11-6-2-3-9(13)8-4-5-10(14)12-7-8/h4-5,7,11H,2-3,6H2,1H3,(H,12,14). The van der Waals surface area contributed by atoms with Gasteiger partial charge in [-0.3, -0.25) is 4.79 Å². The Morgan fingerprint density at radius 1 is 1.57 bits per heavy atom. The molecule has 2 N–H and O–H groups in total. The molecular formula is C10H14N2O2. The summed E-state index contributed by atoms with van der Waals surface area (Å²) in [5.41, 5.74) is 0.555. The van der Waals surface area contributed by atoms with Crippen LogP contribution in [0.1, 0.15) is 23.2 Å². The highest BCUT2D eigenvalue weighted by Gasteiger charge is 2.05. The Labute approximate surface area is 83.0 Å². The molecule has 0 aromatic carbocycles. The Morgan fingerprint density at radius 2 is 2.36 bits per heavy atom. The summed E-state index contributed by atoms with van der Waals surface area (Å²) in [4.78, 5) is 15.1. The van der Waals surface area contributed by atoms with Gasteiger partial charge in [0.05, 0.1) is 0 Å². The molecule has 14 heavy (non-hydrogen) atoms. The Bertz CT molecular complexity index is 295. The van der Waals surface area contributed by atoms with Crippen molar-refractivity contribution in [2.24, 2.45) is 0 Å². The monoisotopic (exact) mass is 194 g/mol. The average Bonchev–Trinajstić information content (AvgIpc) is 2.19. The predicted octanol–water partition coefficient (Wildman–Crippen LogP) is 0.970. The first kappa shape index (κ1) is 10.7. The molecule has 0 radical (unpaired) electrons. The third-order valence-electron chi connectivity index (χ3n) is 1.90. The minimum Gasteiger partial charge on any atom is -0.493 e. The van der Waals surface area contributed by atoms with Gasteiger partial charge in [0.15, 0.2) is 5.78 Å². The molecule has 0 bridgehead atoms. The normalized spacial score (nSPS) is 10.1. The van der Waals surface area contributed by atoms with Crippen molar-refractivity contribution >= 4 is 5.78 Å². The van der Waals surface area contributed by atoms with Gasteiger partial charge in [-0.05, 0) is 26.1 Å². The topological polar surface area (TPSA) is 62.2 Å². The summed E-state index contributed by atoms with van der Waals surface area (Å²) in [6, 6.07) is 3.01. The van der Waals surface area contributed by atoms with E-state index < -0.39 is 0 Å². The van der Waals surface area contributed by atoms with Crippen LogP contribution in [-0.4, -0.2) is 29.5 Å². The molecule has 0 unspecified atom stereocenters. The summed E-state index contributed by atoms with van der Waals surface area (Å²) < 4.78 is 0. The van der Waals surface area contributed by atoms with E-state index in [2.05, 4.69) is 10.3 Å². The molecule has 1 aromatic heterocycles. The zero-order chi connectivity index (χ0) is 10.4. The number of hydrogen-bond acceptors (Lipinski definition) is 4. The first-order valence-electron chi connectivity index (χ1n) is 4.57. The van der Waals surface area contributed by atoms with E-state index >= 15 is 0 Å². The van der Waals surface area contributed by atoms with Crippen LogP contribution in [0.5, 0.6) is 5.88 Å². The van der Waals surface area contributed by atoms with E-state index in [1.807, 2.05) is 7.05 Å². The fourth-order valence-electron chi connectivity index (χ4n) is 1.12. The number of nitrogens with one attached hydrogen (secondary N) is 1. The molecule has 1 rings (SSSR count). The fourth-order valence-corrected chi connectivity index (χ4v) is 1.12. The number of Topliss-reactive ketones (excluding diaryl/α,β-unsaturated/α-hetero) is 1. The Balaban J connectivity index is 2.48. The molecule has 0 aliphatic carbocycles. The zero-order valence-electron chi connectivity index (χ0n) is 8.16. The molecule has 1 heterocycles. The van der Waals surface area contributed by atoms with Gasteiger partial charge >= 0.3 is 0 Å². The molecule has 4 nitrogen and oxygen atoms in total. The van der Waals surface area contributed by atoms with Crippen LogP contribution >= 0.6 is 0 Å². The van der Waals surface area contributed by atoms with Crippen molar-refractivity contribution in [1.82, 2.24) is 10.3 Å². The highest BCUT2D eigenvalue weighted by Crippen LogP contribution is 2.08. The van der Waals surface area contributed by atoms with Crippen LogP contribution in [0.4, 0.5) is 0 Å². The van der Waals surface area contributed by atoms with Gasteiger partial charge in [0.25, 0.3) is 0 Å². The Kier molecular flexibility index (Phi) is 4.07. The van der Waals surface area contributed by atoms with Crippen LogP contribution in [0.15, 0.2) is 18.3 Å². The maximum atomic E-state index is 11.5. The number of aromatic nitrogens is 1. The molecule has 76 valence electrons. The number of carbonyl (C=O) groups is 1. The SMILES string of the molecule is CNCCCC(=O)c1ccc(O)nc1. The minimum absolute atomic E-state index is 0.0585. The van der Waals surface area contributed by atoms with E-state index in [-0.39, 0.29) is 11.7 Å². The molecule has 0 aliphatic rings. The van der Waals surface area contributed by atoms with E-state index in [1.165, 1.54) is 12.3 Å². The van der Waals surface area contributed by atoms with E-state index in [1.54, 1.807) is 6.07 Å². The third-order valence-corrected chi connectivity index (χ3v) is 1.90. The first-order chi connectivity index (χ1) is 6.74. The van der Waals surface area contributed by atoms with Crippen LogP contribution in [0, 0.1) is 0 Å². The van der Waals surface area contributed by atoms with Gasteiger partial charge < -0.3 is 10.4 Å². The lowest BCUT2D eigenvalue weighted by atomic mass is 10.1. The maximum absolute atomic E-state index is 11.5. The van der Waals surface area contributed by atoms with Gasteiger partial charge in [-0.15, -0.1) is 0 Å². The molecule has 1 aromatic rings. The second kappa shape index (κ2) is 5.34. The summed E-state index contributed by atoms with van der Waals surface area (Å²) in [5, 5.41) is 11.9. The van der Waals surface area contributed by atoms with Crippen molar-refractivity contribution in [2.45, 2.75) is 12.8 Å².